The highest BCUT2D eigenvalue weighted by molar-refractivity contribution is 7.98. The lowest BCUT2D eigenvalue weighted by Crippen LogP contribution is -2.01. The van der Waals surface area contributed by atoms with E-state index in [1.54, 1.807) is 11.8 Å². The molecule has 0 saturated heterocycles. The first kappa shape index (κ1) is 13.8. The van der Waals surface area contributed by atoms with Crippen molar-refractivity contribution in [3.05, 3.63) is 41.6 Å². The number of pyridine rings is 1. The molecule has 114 valence electrons. The molecule has 0 unspecified atom stereocenters. The van der Waals surface area contributed by atoms with Crippen LogP contribution in [0.3, 0.4) is 0 Å². The molecule has 0 atom stereocenters. The zero-order valence-corrected chi connectivity index (χ0v) is 13.7. The molecular weight excluding hydrogens is 294 g/mol. The van der Waals surface area contributed by atoms with E-state index in [2.05, 4.69) is 62.5 Å². The summed E-state index contributed by atoms with van der Waals surface area (Å²) in [5.41, 5.74) is 3.31. The summed E-state index contributed by atoms with van der Waals surface area (Å²) < 4.78 is 4.34. The van der Waals surface area contributed by atoms with E-state index in [-0.39, 0.29) is 0 Å². The molecule has 5 nitrogen and oxygen atoms in total. The van der Waals surface area contributed by atoms with E-state index in [9.17, 15) is 0 Å². The normalized spacial score (nSPS) is 14.8. The number of rotatable bonds is 5. The Kier molecular flexibility index (Phi) is 3.41. The average molecular weight is 313 g/mol. The van der Waals surface area contributed by atoms with Gasteiger partial charge in [0.25, 0.3) is 0 Å². The molecule has 1 fully saturated rings. The van der Waals surface area contributed by atoms with Crippen molar-refractivity contribution in [2.75, 3.05) is 0 Å². The highest BCUT2D eigenvalue weighted by Crippen LogP contribution is 2.40. The van der Waals surface area contributed by atoms with Crippen molar-refractivity contribution < 1.29 is 0 Å². The van der Waals surface area contributed by atoms with Crippen molar-refractivity contribution in [2.45, 2.75) is 50.1 Å². The second-order valence-corrected chi connectivity index (χ2v) is 6.79. The first-order valence-corrected chi connectivity index (χ1v) is 8.73. The van der Waals surface area contributed by atoms with Crippen LogP contribution in [0.25, 0.3) is 5.65 Å². The molecule has 22 heavy (non-hydrogen) atoms. The van der Waals surface area contributed by atoms with Crippen LogP contribution < -0.4 is 0 Å². The van der Waals surface area contributed by atoms with Crippen LogP contribution in [0.2, 0.25) is 0 Å². The summed E-state index contributed by atoms with van der Waals surface area (Å²) in [7, 11) is 0. The van der Waals surface area contributed by atoms with Crippen LogP contribution in [-0.4, -0.2) is 24.1 Å². The van der Waals surface area contributed by atoms with Crippen molar-refractivity contribution >= 4 is 17.4 Å². The van der Waals surface area contributed by atoms with E-state index in [0.29, 0.717) is 5.92 Å². The van der Waals surface area contributed by atoms with Crippen molar-refractivity contribution in [1.82, 2.24) is 24.1 Å². The number of fused-ring (bicyclic) bond motifs is 1. The average Bonchev–Trinajstić information content (AvgIpc) is 3.15. The third-order valence-corrected chi connectivity index (χ3v) is 5.00. The SMILES string of the molecule is CCn1c(SCc2cn3cc(C)ccc3n2)nnc1C1CC1. The lowest BCUT2D eigenvalue weighted by molar-refractivity contribution is 0.643. The van der Waals surface area contributed by atoms with Crippen LogP contribution >= 0.6 is 11.8 Å². The van der Waals surface area contributed by atoms with Crippen LogP contribution in [0.15, 0.2) is 29.7 Å². The molecule has 0 bridgehead atoms. The molecule has 6 heteroatoms. The molecule has 0 aliphatic heterocycles. The highest BCUT2D eigenvalue weighted by Gasteiger charge is 2.29. The number of aryl methyl sites for hydroxylation is 1. The van der Waals surface area contributed by atoms with Crippen LogP contribution in [0.1, 0.15) is 42.8 Å². The maximum absolute atomic E-state index is 4.66. The summed E-state index contributed by atoms with van der Waals surface area (Å²) >= 11 is 1.72. The first-order chi connectivity index (χ1) is 10.7. The van der Waals surface area contributed by atoms with Gasteiger partial charge in [-0.2, -0.15) is 0 Å². The topological polar surface area (TPSA) is 48.0 Å². The van der Waals surface area contributed by atoms with E-state index in [1.807, 2.05) is 0 Å². The Balaban J connectivity index is 1.53. The van der Waals surface area contributed by atoms with Gasteiger partial charge < -0.3 is 8.97 Å². The van der Waals surface area contributed by atoms with Crippen molar-refractivity contribution in [3.8, 4) is 0 Å². The minimum Gasteiger partial charge on any atom is -0.307 e. The number of nitrogens with zero attached hydrogens (tertiary/aromatic N) is 5. The molecule has 1 aliphatic rings. The summed E-state index contributed by atoms with van der Waals surface area (Å²) in [6.45, 7) is 5.19. The van der Waals surface area contributed by atoms with Gasteiger partial charge in [0.05, 0.1) is 5.69 Å². The molecule has 4 rings (SSSR count). The molecule has 1 aliphatic carbocycles. The van der Waals surface area contributed by atoms with Crippen LogP contribution in [0.5, 0.6) is 0 Å². The number of thioether (sulfide) groups is 1. The van der Waals surface area contributed by atoms with E-state index >= 15 is 0 Å². The Hall–Kier alpha value is -1.82. The van der Waals surface area contributed by atoms with Crippen LogP contribution in [0, 0.1) is 6.92 Å². The molecule has 3 heterocycles. The Morgan fingerprint density at radius 3 is 2.86 bits per heavy atom. The van der Waals surface area contributed by atoms with Crippen LogP contribution in [0.4, 0.5) is 0 Å². The molecule has 0 spiro atoms. The van der Waals surface area contributed by atoms with Gasteiger partial charge in [0.1, 0.15) is 11.5 Å². The zero-order valence-electron chi connectivity index (χ0n) is 12.9. The quantitative estimate of drug-likeness (QED) is 0.677. The standard InChI is InChI=1S/C16H19N5S/c1-3-21-15(12-5-6-12)18-19-16(21)22-10-13-9-20-8-11(2)4-7-14(20)17-13/h4,7-9,12H,3,5-6,10H2,1-2H3. The minimum atomic E-state index is 0.639. The molecule has 1 saturated carbocycles. The monoisotopic (exact) mass is 313 g/mol. The fourth-order valence-corrected chi connectivity index (χ4v) is 3.60. The molecule has 0 aromatic carbocycles. The Morgan fingerprint density at radius 1 is 1.23 bits per heavy atom. The van der Waals surface area contributed by atoms with Crippen molar-refractivity contribution in [2.24, 2.45) is 0 Å². The largest absolute Gasteiger partial charge is 0.307 e. The molecule has 0 amide bonds. The first-order valence-electron chi connectivity index (χ1n) is 7.74. The predicted octanol–water partition coefficient (Wildman–Crippen LogP) is 3.42. The molecule has 3 aromatic rings. The predicted molar refractivity (Wildman–Crippen MR) is 87.2 cm³/mol. The summed E-state index contributed by atoms with van der Waals surface area (Å²) in [5.74, 6) is 2.62. The Bertz CT molecular complexity index is 815. The Labute approximate surface area is 133 Å². The van der Waals surface area contributed by atoms with Crippen molar-refractivity contribution in [3.63, 3.8) is 0 Å². The zero-order chi connectivity index (χ0) is 15.1. The molecular formula is C16H19N5S. The molecule has 0 N–H and O–H groups in total. The van der Waals surface area contributed by atoms with E-state index in [4.69, 9.17) is 0 Å². The van der Waals surface area contributed by atoms with E-state index in [0.717, 1.165) is 34.6 Å². The van der Waals surface area contributed by atoms with E-state index < -0.39 is 0 Å². The van der Waals surface area contributed by atoms with Gasteiger partial charge in [-0.15, -0.1) is 10.2 Å². The number of hydrogen-bond donors (Lipinski definition) is 0. The summed E-state index contributed by atoms with van der Waals surface area (Å²) in [6.07, 6.45) is 6.73. The summed E-state index contributed by atoms with van der Waals surface area (Å²) in [6, 6.07) is 4.15. The lowest BCUT2D eigenvalue weighted by Gasteiger charge is -2.05. The number of imidazole rings is 1. The number of hydrogen-bond acceptors (Lipinski definition) is 4. The van der Waals surface area contributed by atoms with Gasteiger partial charge in [-0.1, -0.05) is 17.8 Å². The maximum atomic E-state index is 4.66. The smallest absolute Gasteiger partial charge is 0.191 e. The van der Waals surface area contributed by atoms with E-state index in [1.165, 1.54) is 18.4 Å². The van der Waals surface area contributed by atoms with Gasteiger partial charge >= 0.3 is 0 Å². The van der Waals surface area contributed by atoms with Gasteiger partial charge in [-0.3, -0.25) is 0 Å². The third kappa shape index (κ3) is 2.52. The second-order valence-electron chi connectivity index (χ2n) is 5.85. The summed E-state index contributed by atoms with van der Waals surface area (Å²) in [4.78, 5) is 4.66. The minimum absolute atomic E-state index is 0.639. The van der Waals surface area contributed by atoms with Gasteiger partial charge in [0.2, 0.25) is 0 Å². The Morgan fingerprint density at radius 2 is 2.09 bits per heavy atom. The van der Waals surface area contributed by atoms with Gasteiger partial charge in [-0.25, -0.2) is 4.98 Å². The van der Waals surface area contributed by atoms with Gasteiger partial charge in [-0.05, 0) is 38.3 Å². The van der Waals surface area contributed by atoms with Gasteiger partial charge in [0.15, 0.2) is 5.16 Å². The lowest BCUT2D eigenvalue weighted by atomic mass is 10.3. The summed E-state index contributed by atoms with van der Waals surface area (Å²) in [5, 5.41) is 9.77. The third-order valence-electron chi connectivity index (χ3n) is 4.00. The van der Waals surface area contributed by atoms with Crippen molar-refractivity contribution in [1.29, 1.82) is 0 Å². The second kappa shape index (κ2) is 5.43. The maximum Gasteiger partial charge on any atom is 0.191 e. The van der Waals surface area contributed by atoms with Crippen LogP contribution in [-0.2, 0) is 12.3 Å². The molecule has 3 aromatic heterocycles. The fourth-order valence-electron chi connectivity index (χ4n) is 2.71. The molecule has 0 radical (unpaired) electrons. The van der Waals surface area contributed by atoms with Gasteiger partial charge in [0, 0.05) is 30.6 Å². The highest BCUT2D eigenvalue weighted by atomic mass is 32.2. The fraction of sp³-hybridized carbons (Fsp3) is 0.438. The number of aromatic nitrogens is 5.